The molecule has 2 aliphatic rings. The smallest absolute Gasteiger partial charge is 0.243 e. The molecule has 0 radical (unpaired) electrons. The van der Waals surface area contributed by atoms with Crippen molar-refractivity contribution in [2.24, 2.45) is 5.92 Å². The average Bonchev–Trinajstić information content (AvgIpc) is 3.43. The second-order valence-electron chi connectivity index (χ2n) is 6.92. The number of hydrogen-bond donors (Lipinski definition) is 1. The van der Waals surface area contributed by atoms with Crippen LogP contribution in [-0.2, 0) is 21.2 Å². The Morgan fingerprint density at radius 1 is 1.12 bits per heavy atom. The van der Waals surface area contributed by atoms with Crippen LogP contribution in [0.5, 0.6) is 0 Å². The highest BCUT2D eigenvalue weighted by atomic mass is 35.5. The standard InChI is InChI=1S/C18H28N2O3S.ClH/c1-23-13-10-15-4-6-18(7-5-15)24(21,22)20-11-8-17(9-12-20)19-14-16-2-3-16;/h4-7,16-17,19H,2-3,8-14H2,1H3;1H. The van der Waals surface area contributed by atoms with E-state index < -0.39 is 10.0 Å². The largest absolute Gasteiger partial charge is 0.384 e. The Kier molecular flexibility index (Phi) is 7.70. The molecule has 142 valence electrons. The Hall–Kier alpha value is -0.660. The molecule has 0 spiro atoms. The first-order valence-electron chi connectivity index (χ1n) is 8.91. The van der Waals surface area contributed by atoms with Crippen LogP contribution in [0.1, 0.15) is 31.2 Å². The van der Waals surface area contributed by atoms with Gasteiger partial charge in [-0.1, -0.05) is 12.1 Å². The van der Waals surface area contributed by atoms with E-state index >= 15 is 0 Å². The van der Waals surface area contributed by atoms with Gasteiger partial charge in [-0.15, -0.1) is 12.4 Å². The molecule has 0 bridgehead atoms. The number of sulfonamides is 1. The molecule has 5 nitrogen and oxygen atoms in total. The maximum absolute atomic E-state index is 12.8. The Morgan fingerprint density at radius 3 is 2.32 bits per heavy atom. The van der Waals surface area contributed by atoms with Crippen LogP contribution in [0.4, 0.5) is 0 Å². The normalized spacial score (nSPS) is 19.6. The molecule has 1 aromatic carbocycles. The van der Waals surface area contributed by atoms with Gasteiger partial charge in [0.05, 0.1) is 11.5 Å². The summed E-state index contributed by atoms with van der Waals surface area (Å²) in [5.41, 5.74) is 1.10. The minimum atomic E-state index is -3.37. The molecule has 25 heavy (non-hydrogen) atoms. The fourth-order valence-electron chi connectivity index (χ4n) is 3.15. The summed E-state index contributed by atoms with van der Waals surface area (Å²) in [6.45, 7) is 2.96. The lowest BCUT2D eigenvalue weighted by Crippen LogP contribution is -2.45. The number of halogens is 1. The lowest BCUT2D eigenvalue weighted by atomic mass is 10.1. The number of nitrogens with zero attached hydrogens (tertiary/aromatic N) is 1. The van der Waals surface area contributed by atoms with Crippen molar-refractivity contribution >= 4 is 22.4 Å². The van der Waals surface area contributed by atoms with E-state index in [0.717, 1.165) is 37.3 Å². The summed E-state index contributed by atoms with van der Waals surface area (Å²) in [6, 6.07) is 7.68. The molecule has 2 fully saturated rings. The van der Waals surface area contributed by atoms with Crippen LogP contribution in [0.25, 0.3) is 0 Å². The van der Waals surface area contributed by atoms with Crippen molar-refractivity contribution in [1.29, 1.82) is 0 Å². The Morgan fingerprint density at radius 2 is 1.76 bits per heavy atom. The van der Waals surface area contributed by atoms with E-state index in [1.54, 1.807) is 23.5 Å². The summed E-state index contributed by atoms with van der Waals surface area (Å²) in [7, 11) is -1.70. The highest BCUT2D eigenvalue weighted by Crippen LogP contribution is 2.28. The third-order valence-electron chi connectivity index (χ3n) is 5.00. The van der Waals surface area contributed by atoms with Crippen LogP contribution < -0.4 is 5.32 Å². The van der Waals surface area contributed by atoms with Crippen molar-refractivity contribution in [3.05, 3.63) is 29.8 Å². The Labute approximate surface area is 157 Å². The summed E-state index contributed by atoms with van der Waals surface area (Å²) < 4.78 is 32.2. The minimum Gasteiger partial charge on any atom is -0.384 e. The number of rotatable bonds is 8. The Balaban J connectivity index is 0.00000225. The quantitative estimate of drug-likeness (QED) is 0.743. The van der Waals surface area contributed by atoms with Gasteiger partial charge in [0.15, 0.2) is 0 Å². The molecular weight excluding hydrogens is 360 g/mol. The van der Waals surface area contributed by atoms with Crippen LogP contribution in [-0.4, -0.2) is 52.1 Å². The van der Waals surface area contributed by atoms with Crippen molar-refractivity contribution < 1.29 is 13.2 Å². The van der Waals surface area contributed by atoms with Gasteiger partial charge in [0.1, 0.15) is 0 Å². The van der Waals surface area contributed by atoms with Crippen LogP contribution in [0, 0.1) is 5.92 Å². The van der Waals surface area contributed by atoms with Crippen LogP contribution in [0.15, 0.2) is 29.2 Å². The zero-order chi connectivity index (χ0) is 17.0. The van der Waals surface area contributed by atoms with Crippen molar-refractivity contribution in [3.8, 4) is 0 Å². The zero-order valence-electron chi connectivity index (χ0n) is 14.8. The summed E-state index contributed by atoms with van der Waals surface area (Å²) in [4.78, 5) is 0.396. The third-order valence-corrected chi connectivity index (χ3v) is 6.91. The van der Waals surface area contributed by atoms with Gasteiger partial charge >= 0.3 is 0 Å². The van der Waals surface area contributed by atoms with Gasteiger partial charge in [-0.3, -0.25) is 0 Å². The van der Waals surface area contributed by atoms with Gasteiger partial charge in [-0.2, -0.15) is 4.31 Å². The molecule has 1 heterocycles. The molecule has 3 rings (SSSR count). The number of hydrogen-bond acceptors (Lipinski definition) is 4. The molecule has 1 aromatic rings. The highest BCUT2D eigenvalue weighted by molar-refractivity contribution is 7.89. The predicted molar refractivity (Wildman–Crippen MR) is 102 cm³/mol. The first-order valence-corrected chi connectivity index (χ1v) is 10.3. The number of methoxy groups -OCH3 is 1. The second kappa shape index (κ2) is 9.33. The molecule has 0 aromatic heterocycles. The van der Waals surface area contributed by atoms with Crippen molar-refractivity contribution in [2.45, 2.75) is 43.0 Å². The first kappa shape index (κ1) is 20.6. The summed E-state index contributed by atoms with van der Waals surface area (Å²) >= 11 is 0. The van der Waals surface area contributed by atoms with Crippen molar-refractivity contribution in [1.82, 2.24) is 9.62 Å². The predicted octanol–water partition coefficient (Wildman–Crippen LogP) is 2.45. The third kappa shape index (κ3) is 5.66. The van der Waals surface area contributed by atoms with Gasteiger partial charge in [-0.25, -0.2) is 8.42 Å². The fraction of sp³-hybridized carbons (Fsp3) is 0.667. The monoisotopic (exact) mass is 388 g/mol. The molecule has 1 saturated heterocycles. The molecule has 0 atom stereocenters. The molecular formula is C18H29ClN2O3S. The molecule has 0 amide bonds. The van der Waals surface area contributed by atoms with E-state index in [1.165, 1.54) is 12.8 Å². The lowest BCUT2D eigenvalue weighted by Gasteiger charge is -2.31. The van der Waals surface area contributed by atoms with E-state index in [4.69, 9.17) is 4.74 Å². The van der Waals surface area contributed by atoms with E-state index in [2.05, 4.69) is 5.32 Å². The van der Waals surface area contributed by atoms with Crippen LogP contribution in [0.2, 0.25) is 0 Å². The van der Waals surface area contributed by atoms with Crippen LogP contribution >= 0.6 is 12.4 Å². The van der Waals surface area contributed by atoms with Crippen LogP contribution in [0.3, 0.4) is 0 Å². The molecule has 1 aliphatic carbocycles. The highest BCUT2D eigenvalue weighted by Gasteiger charge is 2.30. The van der Waals surface area contributed by atoms with Crippen molar-refractivity contribution in [2.75, 3.05) is 33.4 Å². The first-order chi connectivity index (χ1) is 11.6. The van der Waals surface area contributed by atoms with Gasteiger partial charge in [0.2, 0.25) is 10.0 Å². The summed E-state index contributed by atoms with van der Waals surface area (Å²) in [5.74, 6) is 0.864. The minimum absolute atomic E-state index is 0. The topological polar surface area (TPSA) is 58.6 Å². The molecule has 0 unspecified atom stereocenters. The molecule has 1 aliphatic heterocycles. The van der Waals surface area contributed by atoms with E-state index in [9.17, 15) is 8.42 Å². The van der Waals surface area contributed by atoms with E-state index in [1.807, 2.05) is 12.1 Å². The Bertz CT molecular complexity index is 624. The summed E-state index contributed by atoms with van der Waals surface area (Å²) in [5, 5.41) is 3.59. The maximum Gasteiger partial charge on any atom is 0.243 e. The second-order valence-corrected chi connectivity index (χ2v) is 8.85. The van der Waals surface area contributed by atoms with Crippen molar-refractivity contribution in [3.63, 3.8) is 0 Å². The van der Waals surface area contributed by atoms with E-state index in [0.29, 0.717) is 30.6 Å². The van der Waals surface area contributed by atoms with Gasteiger partial charge in [0, 0.05) is 26.2 Å². The average molecular weight is 389 g/mol. The lowest BCUT2D eigenvalue weighted by molar-refractivity contribution is 0.202. The maximum atomic E-state index is 12.8. The number of nitrogens with one attached hydrogen (secondary N) is 1. The molecule has 1 saturated carbocycles. The van der Waals surface area contributed by atoms with E-state index in [-0.39, 0.29) is 12.4 Å². The zero-order valence-corrected chi connectivity index (χ0v) is 16.4. The molecule has 1 N–H and O–H groups in total. The number of ether oxygens (including phenoxy) is 1. The SMILES string of the molecule is COCCc1ccc(S(=O)(=O)N2CCC(NCC3CC3)CC2)cc1.Cl. The van der Waals surface area contributed by atoms with Gasteiger partial charge in [0.25, 0.3) is 0 Å². The molecule has 7 heteroatoms. The summed E-state index contributed by atoms with van der Waals surface area (Å²) in [6.07, 6.45) is 5.30. The van der Waals surface area contributed by atoms with Gasteiger partial charge < -0.3 is 10.1 Å². The fourth-order valence-corrected chi connectivity index (χ4v) is 4.62. The number of piperidine rings is 1. The number of benzene rings is 1. The van der Waals surface area contributed by atoms with Gasteiger partial charge in [-0.05, 0) is 62.3 Å².